The molecule has 0 fully saturated rings. The van der Waals surface area contributed by atoms with Gasteiger partial charge in [0.1, 0.15) is 0 Å². The van der Waals surface area contributed by atoms with E-state index >= 15 is 0 Å². The summed E-state index contributed by atoms with van der Waals surface area (Å²) in [7, 11) is 0. The number of ether oxygens (including phenoxy) is 1. The maximum absolute atomic E-state index is 10.7. The Bertz CT molecular complexity index is 324. The average molecular weight is 276 g/mol. The van der Waals surface area contributed by atoms with Gasteiger partial charge in [-0.1, -0.05) is 29.3 Å². The van der Waals surface area contributed by atoms with E-state index in [1.54, 1.807) is 24.3 Å². The van der Waals surface area contributed by atoms with Crippen LogP contribution < -0.4 is 0 Å². The fourth-order valence-electron chi connectivity index (χ4n) is 0.904. The zero-order valence-electron chi connectivity index (χ0n) is 7.90. The predicted octanol–water partition coefficient (Wildman–Crippen LogP) is 1.69. The summed E-state index contributed by atoms with van der Waals surface area (Å²) in [6, 6.07) is 7.03. The second kappa shape index (κ2) is 7.44. The van der Waals surface area contributed by atoms with E-state index in [1.807, 2.05) is 0 Å². The molecule has 0 N–H and O–H groups in total. The molecule has 0 bridgehead atoms. The summed E-state index contributed by atoms with van der Waals surface area (Å²) in [6.45, 7) is 1.06. The smallest absolute Gasteiger partial charge is 0.606 e. The molecular weight excluding hydrogens is 269 g/mol. The van der Waals surface area contributed by atoms with Crippen LogP contribution >= 0.6 is 11.6 Å². The van der Waals surface area contributed by atoms with Crippen LogP contribution in [0.2, 0.25) is 5.02 Å². The molecule has 0 saturated heterocycles. The summed E-state index contributed by atoms with van der Waals surface area (Å²) in [5.74, 6) is -0.699. The van der Waals surface area contributed by atoms with E-state index in [9.17, 15) is 9.59 Å². The van der Waals surface area contributed by atoms with Crippen molar-refractivity contribution >= 4 is 24.0 Å². The molecule has 0 unspecified atom stereocenters. The van der Waals surface area contributed by atoms with Gasteiger partial charge in [0.2, 0.25) is 0 Å². The molecule has 15 heavy (non-hydrogen) atoms. The predicted molar refractivity (Wildman–Crippen MR) is 51.2 cm³/mol. The summed E-state index contributed by atoms with van der Waals surface area (Å²) in [5, 5.41) is 0.637. The van der Waals surface area contributed by atoms with Gasteiger partial charge in [0.05, 0.1) is 0 Å². The largest absolute Gasteiger partial charge is 2.00 e. The normalized spacial score (nSPS) is 8.60. The third-order valence-electron chi connectivity index (χ3n) is 1.56. The minimum Gasteiger partial charge on any atom is -0.606 e. The third-order valence-corrected chi connectivity index (χ3v) is 1.81. The van der Waals surface area contributed by atoms with Gasteiger partial charge < -0.3 is 20.7 Å². The number of hydrogen-bond acceptors (Lipinski definition) is 3. The minimum absolute atomic E-state index is 0. The molecular formula is C10H7ClO3Zn. The first-order valence-corrected chi connectivity index (χ1v) is 4.26. The number of rotatable bonds is 4. The van der Waals surface area contributed by atoms with E-state index < -0.39 is 5.97 Å². The number of benzene rings is 1. The zero-order chi connectivity index (χ0) is 10.4. The average Bonchev–Trinajstić information content (AvgIpc) is 2.17. The van der Waals surface area contributed by atoms with Crippen LogP contribution in [0.3, 0.4) is 0 Å². The van der Waals surface area contributed by atoms with Crippen molar-refractivity contribution in [1.29, 1.82) is 0 Å². The Morgan fingerprint density at radius 3 is 2.53 bits per heavy atom. The van der Waals surface area contributed by atoms with E-state index in [-0.39, 0.29) is 19.5 Å². The molecule has 0 aliphatic carbocycles. The molecule has 0 aromatic heterocycles. The van der Waals surface area contributed by atoms with Gasteiger partial charge in [-0.2, -0.15) is 0 Å². The van der Waals surface area contributed by atoms with Gasteiger partial charge in [0.25, 0.3) is 0 Å². The van der Waals surface area contributed by atoms with E-state index in [2.05, 4.69) is 4.74 Å². The van der Waals surface area contributed by atoms with Gasteiger partial charge in [-0.3, -0.25) is 0 Å². The fraction of sp³-hybridized carbons (Fsp3) is 0.100. The molecule has 0 radical (unpaired) electrons. The first-order chi connectivity index (χ1) is 6.72. The van der Waals surface area contributed by atoms with E-state index in [1.165, 1.54) is 6.42 Å². The van der Waals surface area contributed by atoms with Crippen molar-refractivity contribution in [2.75, 3.05) is 0 Å². The van der Waals surface area contributed by atoms with Crippen LogP contribution in [0.5, 0.6) is 0 Å². The Morgan fingerprint density at radius 1 is 1.40 bits per heavy atom. The second-order valence-corrected chi connectivity index (χ2v) is 2.98. The Labute approximate surface area is 106 Å². The minimum atomic E-state index is -0.699. The summed E-state index contributed by atoms with van der Waals surface area (Å²) in [5.41, 5.74) is 0.914. The number of hydrogen-bond donors (Lipinski definition) is 0. The first-order valence-electron chi connectivity index (χ1n) is 3.88. The van der Waals surface area contributed by atoms with Crippen LogP contribution in [-0.4, -0.2) is 12.4 Å². The van der Waals surface area contributed by atoms with Gasteiger partial charge in [0.15, 0.2) is 6.47 Å². The van der Waals surface area contributed by atoms with Crippen molar-refractivity contribution in [1.82, 2.24) is 0 Å². The van der Waals surface area contributed by atoms with Crippen molar-refractivity contribution < 1.29 is 33.8 Å². The summed E-state index contributed by atoms with van der Waals surface area (Å²) < 4.78 is 3.96. The van der Waals surface area contributed by atoms with Gasteiger partial charge in [-0.25, -0.2) is 0 Å². The van der Waals surface area contributed by atoms with E-state index in [0.717, 1.165) is 12.0 Å². The van der Waals surface area contributed by atoms with Gasteiger partial charge in [-0.05, 0) is 12.1 Å². The number of carbonyl (C=O) groups excluding carboxylic acids is 2. The van der Waals surface area contributed by atoms with Crippen molar-refractivity contribution in [3.8, 4) is 0 Å². The molecule has 0 saturated carbocycles. The molecule has 1 aromatic carbocycles. The maximum atomic E-state index is 10.7. The number of halogens is 1. The van der Waals surface area contributed by atoms with Crippen LogP contribution in [0.1, 0.15) is 5.56 Å². The Kier molecular flexibility index (Phi) is 7.01. The maximum Gasteiger partial charge on any atom is 2.00 e. The third kappa shape index (κ3) is 5.55. The van der Waals surface area contributed by atoms with Crippen molar-refractivity contribution in [2.45, 2.75) is 6.42 Å². The van der Waals surface area contributed by atoms with Crippen molar-refractivity contribution in [2.24, 2.45) is 0 Å². The van der Waals surface area contributed by atoms with Crippen molar-refractivity contribution in [3.05, 3.63) is 41.3 Å². The topological polar surface area (TPSA) is 43.4 Å². The second-order valence-electron chi connectivity index (χ2n) is 2.54. The summed E-state index contributed by atoms with van der Waals surface area (Å²) in [6.07, 6.45) is 1.66. The molecule has 0 amide bonds. The number of esters is 1. The van der Waals surface area contributed by atoms with Crippen LogP contribution in [0.4, 0.5) is 0 Å². The van der Waals surface area contributed by atoms with Gasteiger partial charge in [-0.15, -0.1) is 6.42 Å². The SMILES string of the molecule is O=[C-]OC(=O)[CH-]Cc1ccc(Cl)cc1.[Zn+2]. The van der Waals surface area contributed by atoms with Crippen LogP contribution in [0, 0.1) is 6.42 Å². The van der Waals surface area contributed by atoms with Crippen LogP contribution in [-0.2, 0) is 40.2 Å². The Morgan fingerprint density at radius 2 is 2.00 bits per heavy atom. The fourth-order valence-corrected chi connectivity index (χ4v) is 1.03. The monoisotopic (exact) mass is 274 g/mol. The van der Waals surface area contributed by atoms with Gasteiger partial charge in [0, 0.05) is 11.0 Å². The molecule has 0 aliphatic heterocycles. The zero-order valence-corrected chi connectivity index (χ0v) is 11.6. The molecule has 3 nitrogen and oxygen atoms in total. The first kappa shape index (κ1) is 14.1. The standard InChI is InChI=1S/C10H7ClO3.Zn/c11-9-4-1-8(2-5-9)3-6-10(13)14-7-12;/h1-2,4-6H,3H2;/q-2;+2. The Balaban J connectivity index is 0.00000196. The molecule has 0 heterocycles. The van der Waals surface area contributed by atoms with Crippen LogP contribution in [0.25, 0.3) is 0 Å². The van der Waals surface area contributed by atoms with E-state index in [0.29, 0.717) is 11.4 Å². The quantitative estimate of drug-likeness (QED) is 0.364. The molecule has 5 heteroatoms. The molecule has 0 aliphatic rings. The molecule has 74 valence electrons. The van der Waals surface area contributed by atoms with Gasteiger partial charge >= 0.3 is 19.5 Å². The van der Waals surface area contributed by atoms with Crippen molar-refractivity contribution in [3.63, 3.8) is 0 Å². The molecule has 0 spiro atoms. The summed E-state index contributed by atoms with van der Waals surface area (Å²) >= 11 is 5.67. The van der Waals surface area contributed by atoms with E-state index in [4.69, 9.17) is 11.6 Å². The molecule has 1 aromatic rings. The Hall–Kier alpha value is -0.857. The molecule has 1 rings (SSSR count). The summed E-state index contributed by atoms with van der Waals surface area (Å²) in [4.78, 5) is 20.4. The van der Waals surface area contributed by atoms with Crippen LogP contribution in [0.15, 0.2) is 24.3 Å². The molecule has 0 atom stereocenters. The number of carbonyl (C=O) groups is 1.